The van der Waals surface area contributed by atoms with Gasteiger partial charge in [0.05, 0.1) is 18.4 Å². The molecule has 0 amide bonds. The summed E-state index contributed by atoms with van der Waals surface area (Å²) >= 11 is 0. The van der Waals surface area contributed by atoms with Gasteiger partial charge in [0, 0.05) is 19.4 Å². The van der Waals surface area contributed by atoms with Gasteiger partial charge < -0.3 is 14.2 Å². The predicted octanol–water partition coefficient (Wildman–Crippen LogP) is 1.45. The van der Waals surface area contributed by atoms with Crippen molar-refractivity contribution in [2.45, 2.75) is 34.1 Å². The molecule has 27 heavy (non-hydrogen) atoms. The monoisotopic (exact) mass is 380 g/mol. The summed E-state index contributed by atoms with van der Waals surface area (Å²) < 4.78 is 16.9. The van der Waals surface area contributed by atoms with Crippen molar-refractivity contribution >= 4 is 5.97 Å². The van der Waals surface area contributed by atoms with E-state index in [0.717, 1.165) is 0 Å². The van der Waals surface area contributed by atoms with Crippen molar-refractivity contribution in [3.63, 3.8) is 0 Å². The van der Waals surface area contributed by atoms with E-state index >= 15 is 0 Å². The van der Waals surface area contributed by atoms with Gasteiger partial charge in [-0.1, -0.05) is 0 Å². The molecule has 150 valence electrons. The number of rotatable bonds is 8. The van der Waals surface area contributed by atoms with Gasteiger partial charge in [0.1, 0.15) is 5.69 Å². The summed E-state index contributed by atoms with van der Waals surface area (Å²) in [6, 6.07) is 1.58. The lowest BCUT2D eigenvalue weighted by molar-refractivity contribution is -0.206. The number of carbonyl (C=O) groups is 1. The standard InChI is InChI=1S/C10H11N5O2.C7H17NO2/c1-3-17-10(16)8-4-5-11-6-9(8)15-7(2)12-13-14-15;1-5-9-7(8(3)4)10-6-2/h4-6H,3H2,1-2H3;7H,5-6H2,1-4H3. The van der Waals surface area contributed by atoms with Crippen LogP contribution in [0, 0.1) is 6.92 Å². The Bertz CT molecular complexity index is 686. The molecule has 0 aliphatic rings. The van der Waals surface area contributed by atoms with Crippen molar-refractivity contribution in [1.82, 2.24) is 30.1 Å². The first-order chi connectivity index (χ1) is 13.0. The molecule has 2 rings (SSSR count). The van der Waals surface area contributed by atoms with E-state index in [4.69, 9.17) is 14.2 Å². The minimum atomic E-state index is -0.417. The summed E-state index contributed by atoms with van der Waals surface area (Å²) in [5.41, 5.74) is 0.894. The maximum Gasteiger partial charge on any atom is 0.340 e. The Morgan fingerprint density at radius 3 is 2.33 bits per heavy atom. The Balaban J connectivity index is 0.000000314. The SMILES string of the molecule is CCOC(=O)c1ccncc1-n1nnnc1C.CCOC(OCC)N(C)C. The van der Waals surface area contributed by atoms with E-state index in [1.54, 1.807) is 19.9 Å². The normalized spacial score (nSPS) is 10.7. The van der Waals surface area contributed by atoms with Crippen LogP contribution in [0.15, 0.2) is 18.5 Å². The third-order valence-electron chi connectivity index (χ3n) is 3.19. The summed E-state index contributed by atoms with van der Waals surface area (Å²) in [6.45, 7) is 9.08. The molecule has 0 atom stereocenters. The van der Waals surface area contributed by atoms with Crippen LogP contribution in [0.4, 0.5) is 0 Å². The number of hydrogen-bond donors (Lipinski definition) is 0. The summed E-state index contributed by atoms with van der Waals surface area (Å²) in [5.74, 6) is 0.156. The van der Waals surface area contributed by atoms with Crippen molar-refractivity contribution in [2.75, 3.05) is 33.9 Å². The Kier molecular flexibility index (Phi) is 10.1. The third kappa shape index (κ3) is 7.00. The van der Waals surface area contributed by atoms with Crippen LogP contribution in [0.5, 0.6) is 0 Å². The molecule has 0 saturated carbocycles. The molecular weight excluding hydrogens is 352 g/mol. The lowest BCUT2D eigenvalue weighted by Crippen LogP contribution is -2.33. The lowest BCUT2D eigenvalue weighted by Gasteiger charge is -2.22. The van der Waals surface area contributed by atoms with Gasteiger partial charge in [0.15, 0.2) is 5.82 Å². The molecule has 0 spiro atoms. The highest BCUT2D eigenvalue weighted by molar-refractivity contribution is 5.93. The van der Waals surface area contributed by atoms with Crippen LogP contribution in [0.1, 0.15) is 37.0 Å². The second-order valence-electron chi connectivity index (χ2n) is 5.43. The van der Waals surface area contributed by atoms with Gasteiger partial charge in [-0.05, 0) is 58.3 Å². The van der Waals surface area contributed by atoms with E-state index in [2.05, 4.69) is 20.5 Å². The van der Waals surface area contributed by atoms with Crippen molar-refractivity contribution in [3.05, 3.63) is 29.8 Å². The first kappa shape index (κ1) is 22.6. The highest BCUT2D eigenvalue weighted by atomic mass is 16.7. The highest BCUT2D eigenvalue weighted by Gasteiger charge is 2.16. The molecule has 0 fully saturated rings. The fraction of sp³-hybridized carbons (Fsp3) is 0.588. The van der Waals surface area contributed by atoms with Crippen molar-refractivity contribution in [2.24, 2.45) is 0 Å². The second-order valence-corrected chi connectivity index (χ2v) is 5.43. The Morgan fingerprint density at radius 2 is 1.85 bits per heavy atom. The molecule has 2 aromatic rings. The molecule has 2 heterocycles. The predicted molar refractivity (Wildman–Crippen MR) is 98.4 cm³/mol. The number of ether oxygens (including phenoxy) is 3. The smallest absolute Gasteiger partial charge is 0.340 e. The van der Waals surface area contributed by atoms with Crippen molar-refractivity contribution in [3.8, 4) is 5.69 Å². The molecule has 0 bridgehead atoms. The van der Waals surface area contributed by atoms with Gasteiger partial charge in [-0.15, -0.1) is 5.10 Å². The molecule has 0 aromatic carbocycles. The summed E-state index contributed by atoms with van der Waals surface area (Å²) in [4.78, 5) is 17.6. The Labute approximate surface area is 159 Å². The molecule has 0 N–H and O–H groups in total. The molecule has 0 radical (unpaired) electrons. The summed E-state index contributed by atoms with van der Waals surface area (Å²) in [5, 5.41) is 11.1. The number of nitrogens with zero attached hydrogens (tertiary/aromatic N) is 6. The first-order valence-corrected chi connectivity index (χ1v) is 8.72. The number of carbonyl (C=O) groups excluding carboxylic acids is 1. The number of esters is 1. The van der Waals surface area contributed by atoms with Gasteiger partial charge in [-0.2, -0.15) is 4.68 Å². The highest BCUT2D eigenvalue weighted by Crippen LogP contribution is 2.13. The van der Waals surface area contributed by atoms with E-state index in [1.807, 2.05) is 32.8 Å². The number of pyridine rings is 1. The summed E-state index contributed by atoms with van der Waals surface area (Å²) in [7, 11) is 3.85. The topological polar surface area (TPSA) is 104 Å². The maximum absolute atomic E-state index is 11.7. The first-order valence-electron chi connectivity index (χ1n) is 8.72. The minimum absolute atomic E-state index is 0.185. The zero-order valence-corrected chi connectivity index (χ0v) is 16.7. The van der Waals surface area contributed by atoms with Gasteiger partial charge in [-0.25, -0.2) is 4.79 Å². The van der Waals surface area contributed by atoms with Crippen LogP contribution in [-0.4, -0.2) is 76.4 Å². The summed E-state index contributed by atoms with van der Waals surface area (Å²) in [6.07, 6.45) is 2.86. The van der Waals surface area contributed by atoms with E-state index in [0.29, 0.717) is 36.9 Å². The maximum atomic E-state index is 11.7. The number of aromatic nitrogens is 5. The second kappa shape index (κ2) is 12.0. The fourth-order valence-electron chi connectivity index (χ4n) is 2.02. The van der Waals surface area contributed by atoms with Crippen LogP contribution in [-0.2, 0) is 14.2 Å². The zero-order valence-electron chi connectivity index (χ0n) is 16.7. The van der Waals surface area contributed by atoms with Crippen molar-refractivity contribution < 1.29 is 19.0 Å². The largest absolute Gasteiger partial charge is 0.462 e. The van der Waals surface area contributed by atoms with Crippen LogP contribution in [0.2, 0.25) is 0 Å². The van der Waals surface area contributed by atoms with Gasteiger partial charge in [-0.3, -0.25) is 9.88 Å². The lowest BCUT2D eigenvalue weighted by atomic mass is 10.2. The molecule has 0 saturated heterocycles. The zero-order chi connectivity index (χ0) is 20.2. The van der Waals surface area contributed by atoms with E-state index in [1.165, 1.54) is 17.1 Å². The van der Waals surface area contributed by atoms with Crippen LogP contribution in [0.3, 0.4) is 0 Å². The van der Waals surface area contributed by atoms with Crippen LogP contribution < -0.4 is 0 Å². The number of tetrazole rings is 1. The van der Waals surface area contributed by atoms with Crippen LogP contribution in [0.25, 0.3) is 5.69 Å². The molecule has 0 unspecified atom stereocenters. The number of aryl methyl sites for hydroxylation is 1. The fourth-order valence-corrected chi connectivity index (χ4v) is 2.02. The third-order valence-corrected chi connectivity index (χ3v) is 3.19. The molecule has 0 aliphatic heterocycles. The minimum Gasteiger partial charge on any atom is -0.462 e. The average molecular weight is 380 g/mol. The Hall–Kier alpha value is -2.43. The molecular formula is C17H28N6O4. The van der Waals surface area contributed by atoms with E-state index in [-0.39, 0.29) is 6.41 Å². The molecule has 2 aromatic heterocycles. The van der Waals surface area contributed by atoms with Gasteiger partial charge in [0.25, 0.3) is 0 Å². The van der Waals surface area contributed by atoms with E-state index in [9.17, 15) is 4.79 Å². The van der Waals surface area contributed by atoms with Crippen LogP contribution >= 0.6 is 0 Å². The van der Waals surface area contributed by atoms with Crippen molar-refractivity contribution in [1.29, 1.82) is 0 Å². The Morgan fingerprint density at radius 1 is 1.19 bits per heavy atom. The molecule has 10 nitrogen and oxygen atoms in total. The average Bonchev–Trinajstić information content (AvgIpc) is 3.08. The molecule has 0 aliphatic carbocycles. The number of hydrogen-bond acceptors (Lipinski definition) is 9. The van der Waals surface area contributed by atoms with Gasteiger partial charge >= 0.3 is 5.97 Å². The molecule has 10 heteroatoms. The van der Waals surface area contributed by atoms with Gasteiger partial charge in [0.2, 0.25) is 6.41 Å². The quantitative estimate of drug-likeness (QED) is 0.497. The van der Waals surface area contributed by atoms with E-state index < -0.39 is 5.97 Å².